The summed E-state index contributed by atoms with van der Waals surface area (Å²) in [5.41, 5.74) is 0.921. The van der Waals surface area contributed by atoms with E-state index >= 15 is 0 Å². The molecule has 2 N–H and O–H groups in total. The van der Waals surface area contributed by atoms with Gasteiger partial charge in [-0.1, -0.05) is 18.2 Å². The van der Waals surface area contributed by atoms with E-state index in [1.807, 2.05) is 37.3 Å². The summed E-state index contributed by atoms with van der Waals surface area (Å²) in [4.78, 5) is 16.3. The van der Waals surface area contributed by atoms with E-state index < -0.39 is 0 Å². The molecule has 1 aromatic heterocycles. The maximum Gasteiger partial charge on any atom is 0.238 e. The number of hydrogen-bond acceptors (Lipinski definition) is 6. The molecule has 3 rings (SSSR count). The van der Waals surface area contributed by atoms with Crippen LogP contribution < -0.4 is 20.1 Å². The van der Waals surface area contributed by atoms with Crippen molar-refractivity contribution < 1.29 is 14.3 Å². The molecular formula is C18H21N3O3S. The number of thioether (sulfide) groups is 1. The second-order valence-electron chi connectivity index (χ2n) is 5.48. The van der Waals surface area contributed by atoms with E-state index in [1.54, 1.807) is 24.0 Å². The summed E-state index contributed by atoms with van der Waals surface area (Å²) in [7, 11) is 0. The van der Waals surface area contributed by atoms with Crippen molar-refractivity contribution in [2.24, 2.45) is 0 Å². The van der Waals surface area contributed by atoms with Gasteiger partial charge in [-0.2, -0.15) is 0 Å². The Hall–Kier alpha value is -2.25. The monoisotopic (exact) mass is 359 g/mol. The normalized spacial score (nSPS) is 16.4. The number of carbonyl (C=O) groups is 1. The quantitative estimate of drug-likeness (QED) is 0.792. The fraction of sp³-hybridized carbons (Fsp3) is 0.333. The Morgan fingerprint density at radius 2 is 2.16 bits per heavy atom. The molecule has 1 unspecified atom stereocenters. The standard InChI is InChI=1S/C18H21N3O3S/c1-2-23-15-5-3-4-6-16(15)24-17-8-7-13(9-19-17)10-20-18(22)14-11-25-12-21-14/h3-9,14,21H,2,10-12H2,1H3,(H,20,22). The smallest absolute Gasteiger partial charge is 0.238 e. The van der Waals surface area contributed by atoms with Gasteiger partial charge in [0.25, 0.3) is 0 Å². The first-order valence-corrected chi connectivity index (χ1v) is 9.35. The molecule has 1 aromatic carbocycles. The van der Waals surface area contributed by atoms with Gasteiger partial charge in [-0.25, -0.2) is 4.98 Å². The molecule has 0 saturated carbocycles. The van der Waals surface area contributed by atoms with Crippen molar-refractivity contribution in [2.45, 2.75) is 19.5 Å². The molecule has 6 nitrogen and oxygen atoms in total. The van der Waals surface area contributed by atoms with E-state index in [9.17, 15) is 4.79 Å². The largest absolute Gasteiger partial charge is 0.490 e. The van der Waals surface area contributed by atoms with Gasteiger partial charge in [-0.3, -0.25) is 10.1 Å². The van der Waals surface area contributed by atoms with Crippen molar-refractivity contribution in [3.05, 3.63) is 48.2 Å². The number of benzene rings is 1. The third-order valence-electron chi connectivity index (χ3n) is 3.66. The Morgan fingerprint density at radius 1 is 1.32 bits per heavy atom. The molecule has 7 heteroatoms. The molecule has 132 valence electrons. The second kappa shape index (κ2) is 8.73. The van der Waals surface area contributed by atoms with E-state index in [4.69, 9.17) is 9.47 Å². The summed E-state index contributed by atoms with van der Waals surface area (Å²) in [6.07, 6.45) is 1.70. The highest BCUT2D eigenvalue weighted by Gasteiger charge is 2.21. The number of para-hydroxylation sites is 2. The number of amides is 1. The number of carbonyl (C=O) groups excluding carboxylic acids is 1. The summed E-state index contributed by atoms with van der Waals surface area (Å²) in [5, 5.41) is 6.07. The van der Waals surface area contributed by atoms with Crippen molar-refractivity contribution in [2.75, 3.05) is 18.2 Å². The highest BCUT2D eigenvalue weighted by molar-refractivity contribution is 7.99. The SMILES string of the molecule is CCOc1ccccc1Oc1ccc(CNC(=O)C2CSCN2)cn1. The minimum atomic E-state index is -0.101. The third-order valence-corrected chi connectivity index (χ3v) is 4.60. The van der Waals surface area contributed by atoms with Crippen LogP contribution in [0.25, 0.3) is 0 Å². The molecule has 2 heterocycles. The number of ether oxygens (including phenoxy) is 2. The molecule has 0 radical (unpaired) electrons. The number of aromatic nitrogens is 1. The van der Waals surface area contributed by atoms with Crippen LogP contribution in [0.4, 0.5) is 0 Å². The maximum atomic E-state index is 12.0. The van der Waals surface area contributed by atoms with Crippen LogP contribution in [0.2, 0.25) is 0 Å². The van der Waals surface area contributed by atoms with E-state index in [-0.39, 0.29) is 11.9 Å². The van der Waals surface area contributed by atoms with Gasteiger partial charge in [0.05, 0.1) is 12.6 Å². The summed E-state index contributed by atoms with van der Waals surface area (Å²) < 4.78 is 11.3. The average molecular weight is 359 g/mol. The molecule has 25 heavy (non-hydrogen) atoms. The number of nitrogens with zero attached hydrogens (tertiary/aromatic N) is 1. The number of pyridine rings is 1. The summed E-state index contributed by atoms with van der Waals surface area (Å²) in [6.45, 7) is 2.95. The van der Waals surface area contributed by atoms with Gasteiger partial charge in [0.2, 0.25) is 11.8 Å². The zero-order chi connectivity index (χ0) is 17.5. The molecule has 1 fully saturated rings. The second-order valence-corrected chi connectivity index (χ2v) is 6.51. The summed E-state index contributed by atoms with van der Waals surface area (Å²) in [6, 6.07) is 11.1. The molecular weight excluding hydrogens is 338 g/mol. The topological polar surface area (TPSA) is 72.5 Å². The van der Waals surface area contributed by atoms with Crippen LogP contribution in [-0.2, 0) is 11.3 Å². The lowest BCUT2D eigenvalue weighted by molar-refractivity contribution is -0.122. The maximum absolute atomic E-state index is 12.0. The Bertz CT molecular complexity index is 703. The van der Waals surface area contributed by atoms with Gasteiger partial charge in [0.15, 0.2) is 11.5 Å². The van der Waals surface area contributed by atoms with Crippen LogP contribution in [0, 0.1) is 0 Å². The van der Waals surface area contributed by atoms with Crippen LogP contribution in [-0.4, -0.2) is 35.2 Å². The zero-order valence-corrected chi connectivity index (χ0v) is 14.8. The van der Waals surface area contributed by atoms with E-state index in [0.29, 0.717) is 30.5 Å². The van der Waals surface area contributed by atoms with Crippen molar-refractivity contribution in [1.29, 1.82) is 0 Å². The lowest BCUT2D eigenvalue weighted by atomic mass is 10.2. The summed E-state index contributed by atoms with van der Waals surface area (Å²) >= 11 is 1.73. The molecule has 0 bridgehead atoms. The lowest BCUT2D eigenvalue weighted by Gasteiger charge is -2.12. The van der Waals surface area contributed by atoms with Gasteiger partial charge in [0.1, 0.15) is 0 Å². The van der Waals surface area contributed by atoms with Crippen LogP contribution in [0.3, 0.4) is 0 Å². The Balaban J connectivity index is 1.56. The fourth-order valence-electron chi connectivity index (χ4n) is 2.37. The first-order valence-electron chi connectivity index (χ1n) is 8.19. The fourth-order valence-corrected chi connectivity index (χ4v) is 3.32. The summed E-state index contributed by atoms with van der Waals surface area (Å²) in [5.74, 6) is 3.46. The van der Waals surface area contributed by atoms with Gasteiger partial charge >= 0.3 is 0 Å². The minimum absolute atomic E-state index is 0.0240. The predicted molar refractivity (Wildman–Crippen MR) is 98.0 cm³/mol. The van der Waals surface area contributed by atoms with Gasteiger partial charge in [-0.05, 0) is 24.6 Å². The van der Waals surface area contributed by atoms with E-state index in [2.05, 4.69) is 15.6 Å². The average Bonchev–Trinajstić information content (AvgIpc) is 3.17. The zero-order valence-electron chi connectivity index (χ0n) is 14.0. The molecule has 1 aliphatic heterocycles. The van der Waals surface area contributed by atoms with Crippen LogP contribution in [0.5, 0.6) is 17.4 Å². The Kier molecular flexibility index (Phi) is 6.14. The highest BCUT2D eigenvalue weighted by Crippen LogP contribution is 2.30. The molecule has 0 aliphatic carbocycles. The highest BCUT2D eigenvalue weighted by atomic mass is 32.2. The molecule has 1 atom stereocenters. The first kappa shape index (κ1) is 17.6. The third kappa shape index (κ3) is 4.87. The van der Waals surface area contributed by atoms with Crippen molar-refractivity contribution in [3.8, 4) is 17.4 Å². The number of nitrogens with one attached hydrogen (secondary N) is 2. The van der Waals surface area contributed by atoms with Crippen molar-refractivity contribution >= 4 is 17.7 Å². The van der Waals surface area contributed by atoms with Crippen LogP contribution >= 0.6 is 11.8 Å². The Morgan fingerprint density at radius 3 is 2.84 bits per heavy atom. The minimum Gasteiger partial charge on any atom is -0.490 e. The number of rotatable bonds is 7. The lowest BCUT2D eigenvalue weighted by Crippen LogP contribution is -2.41. The van der Waals surface area contributed by atoms with Crippen molar-refractivity contribution in [1.82, 2.24) is 15.6 Å². The van der Waals surface area contributed by atoms with Crippen molar-refractivity contribution in [3.63, 3.8) is 0 Å². The Labute approximate surface area is 151 Å². The predicted octanol–water partition coefficient (Wildman–Crippen LogP) is 2.55. The van der Waals surface area contributed by atoms with Gasteiger partial charge in [-0.15, -0.1) is 11.8 Å². The first-order chi connectivity index (χ1) is 12.3. The molecule has 1 saturated heterocycles. The van der Waals surface area contributed by atoms with E-state index in [1.165, 1.54) is 0 Å². The molecule has 1 amide bonds. The van der Waals surface area contributed by atoms with Crippen LogP contribution in [0.1, 0.15) is 12.5 Å². The molecule has 1 aliphatic rings. The van der Waals surface area contributed by atoms with Gasteiger partial charge in [0, 0.05) is 30.4 Å². The molecule has 0 spiro atoms. The van der Waals surface area contributed by atoms with Gasteiger partial charge < -0.3 is 14.8 Å². The number of hydrogen-bond donors (Lipinski definition) is 2. The van der Waals surface area contributed by atoms with E-state index in [0.717, 1.165) is 17.2 Å². The molecule has 2 aromatic rings. The van der Waals surface area contributed by atoms with Crippen LogP contribution in [0.15, 0.2) is 42.6 Å².